The first-order valence-electron chi connectivity index (χ1n) is 6.54. The molecule has 0 saturated carbocycles. The van der Waals surface area contributed by atoms with Crippen LogP contribution in [0.5, 0.6) is 5.75 Å². The summed E-state index contributed by atoms with van der Waals surface area (Å²) in [6.07, 6.45) is 1.18. The molecule has 0 saturated heterocycles. The number of ether oxygens (including phenoxy) is 1. The monoisotopic (exact) mass is 351 g/mol. The third kappa shape index (κ3) is 2.58. The molecule has 0 radical (unpaired) electrons. The second kappa shape index (κ2) is 5.40. The molecule has 2 atom stereocenters. The third-order valence-corrected chi connectivity index (χ3v) is 4.40. The highest BCUT2D eigenvalue weighted by Crippen LogP contribution is 2.34. The van der Waals surface area contributed by atoms with E-state index in [1.54, 1.807) is 0 Å². The Bertz CT molecular complexity index is 659. The average Bonchev–Trinajstić information content (AvgIpc) is 2.77. The van der Waals surface area contributed by atoms with Crippen molar-refractivity contribution in [3.8, 4) is 5.75 Å². The topological polar surface area (TPSA) is 35.2 Å². The molecule has 0 spiro atoms. The summed E-state index contributed by atoms with van der Waals surface area (Å²) in [4.78, 5) is 0. The number of halogens is 2. The molecule has 1 heterocycles. The minimum Gasteiger partial charge on any atom is -0.490 e. The van der Waals surface area contributed by atoms with Crippen molar-refractivity contribution >= 4 is 27.5 Å². The van der Waals surface area contributed by atoms with Crippen LogP contribution in [-0.2, 0) is 6.42 Å². The predicted molar refractivity (Wildman–Crippen MR) is 85.4 cm³/mol. The van der Waals surface area contributed by atoms with E-state index < -0.39 is 0 Å². The van der Waals surface area contributed by atoms with Crippen LogP contribution in [0.1, 0.15) is 29.7 Å². The van der Waals surface area contributed by atoms with Crippen molar-refractivity contribution in [2.75, 3.05) is 0 Å². The molecule has 2 N–H and O–H groups in total. The molecule has 0 bridgehead atoms. The molecular formula is C16H15BrClNO. The Balaban J connectivity index is 1.95. The van der Waals surface area contributed by atoms with E-state index in [0.717, 1.165) is 27.8 Å². The standard InChI is InChI=1S/C16H15BrClNO/c1-9-6-11-7-10(2-5-15(11)20-9)16(19)13-4-3-12(17)8-14(13)18/h2-5,7-9,16H,6,19H2,1H3. The van der Waals surface area contributed by atoms with Crippen molar-refractivity contribution in [2.45, 2.75) is 25.5 Å². The van der Waals surface area contributed by atoms with Gasteiger partial charge in [-0.05, 0) is 41.8 Å². The molecule has 2 unspecified atom stereocenters. The summed E-state index contributed by atoms with van der Waals surface area (Å²) in [6, 6.07) is 11.7. The molecule has 2 aromatic rings. The number of hydrogen-bond donors (Lipinski definition) is 1. The van der Waals surface area contributed by atoms with Gasteiger partial charge in [0.2, 0.25) is 0 Å². The van der Waals surface area contributed by atoms with E-state index in [2.05, 4.69) is 28.9 Å². The fourth-order valence-corrected chi connectivity index (χ4v) is 3.36. The second-order valence-electron chi connectivity index (χ2n) is 5.14. The van der Waals surface area contributed by atoms with Gasteiger partial charge in [-0.15, -0.1) is 0 Å². The van der Waals surface area contributed by atoms with Crippen LogP contribution >= 0.6 is 27.5 Å². The molecule has 4 heteroatoms. The quantitative estimate of drug-likeness (QED) is 0.865. The van der Waals surface area contributed by atoms with Crippen molar-refractivity contribution in [3.63, 3.8) is 0 Å². The molecular weight excluding hydrogens is 338 g/mol. The first-order chi connectivity index (χ1) is 9.54. The van der Waals surface area contributed by atoms with Gasteiger partial charge in [0.1, 0.15) is 11.9 Å². The zero-order valence-electron chi connectivity index (χ0n) is 11.1. The summed E-state index contributed by atoms with van der Waals surface area (Å²) in [5, 5.41) is 0.678. The van der Waals surface area contributed by atoms with E-state index in [4.69, 9.17) is 22.1 Å². The third-order valence-electron chi connectivity index (χ3n) is 3.58. The maximum atomic E-state index is 6.36. The Kier molecular flexibility index (Phi) is 3.76. The van der Waals surface area contributed by atoms with Crippen LogP contribution < -0.4 is 10.5 Å². The highest BCUT2D eigenvalue weighted by atomic mass is 79.9. The van der Waals surface area contributed by atoms with Crippen molar-refractivity contribution in [2.24, 2.45) is 5.73 Å². The lowest BCUT2D eigenvalue weighted by atomic mass is 9.97. The van der Waals surface area contributed by atoms with Gasteiger partial charge < -0.3 is 10.5 Å². The van der Waals surface area contributed by atoms with E-state index >= 15 is 0 Å². The van der Waals surface area contributed by atoms with Crippen LogP contribution in [0, 0.1) is 0 Å². The normalized spacial score (nSPS) is 18.5. The van der Waals surface area contributed by atoms with Crippen molar-refractivity contribution in [1.29, 1.82) is 0 Å². The van der Waals surface area contributed by atoms with Crippen LogP contribution in [0.2, 0.25) is 5.02 Å². The van der Waals surface area contributed by atoms with Crippen molar-refractivity contribution in [3.05, 3.63) is 62.6 Å². The van der Waals surface area contributed by atoms with Gasteiger partial charge in [0.25, 0.3) is 0 Å². The van der Waals surface area contributed by atoms with Gasteiger partial charge in [0, 0.05) is 15.9 Å². The molecule has 1 aliphatic heterocycles. The number of benzene rings is 2. The van der Waals surface area contributed by atoms with E-state index in [9.17, 15) is 0 Å². The van der Waals surface area contributed by atoms with Gasteiger partial charge in [0.05, 0.1) is 6.04 Å². The molecule has 0 fully saturated rings. The molecule has 3 rings (SSSR count). The Labute approximate surface area is 132 Å². The summed E-state index contributed by atoms with van der Waals surface area (Å²) in [5.74, 6) is 0.968. The number of nitrogens with two attached hydrogens (primary N) is 1. The fourth-order valence-electron chi connectivity index (χ4n) is 2.57. The van der Waals surface area contributed by atoms with Crippen LogP contribution in [0.15, 0.2) is 40.9 Å². The number of hydrogen-bond acceptors (Lipinski definition) is 2. The molecule has 20 heavy (non-hydrogen) atoms. The lowest BCUT2D eigenvalue weighted by Gasteiger charge is -2.15. The molecule has 2 aromatic carbocycles. The van der Waals surface area contributed by atoms with Crippen molar-refractivity contribution < 1.29 is 4.74 Å². The van der Waals surface area contributed by atoms with Crippen LogP contribution in [-0.4, -0.2) is 6.10 Å². The molecule has 0 aromatic heterocycles. The maximum absolute atomic E-state index is 6.36. The zero-order valence-corrected chi connectivity index (χ0v) is 13.4. The minimum atomic E-state index is -0.225. The van der Waals surface area contributed by atoms with Gasteiger partial charge in [-0.1, -0.05) is 45.7 Å². The molecule has 1 aliphatic rings. The molecule has 2 nitrogen and oxygen atoms in total. The van der Waals surface area contributed by atoms with Gasteiger partial charge in [-0.2, -0.15) is 0 Å². The van der Waals surface area contributed by atoms with E-state index in [1.165, 1.54) is 5.56 Å². The maximum Gasteiger partial charge on any atom is 0.123 e. The molecule has 0 amide bonds. The van der Waals surface area contributed by atoms with Gasteiger partial charge >= 0.3 is 0 Å². The summed E-state index contributed by atoms with van der Waals surface area (Å²) in [5.41, 5.74) is 9.57. The van der Waals surface area contributed by atoms with E-state index in [0.29, 0.717) is 5.02 Å². The zero-order chi connectivity index (χ0) is 14.3. The van der Waals surface area contributed by atoms with Gasteiger partial charge in [-0.3, -0.25) is 0 Å². The predicted octanol–water partition coefficient (Wildman–Crippen LogP) is 4.47. The molecule has 0 aliphatic carbocycles. The smallest absolute Gasteiger partial charge is 0.123 e. The average molecular weight is 353 g/mol. The van der Waals surface area contributed by atoms with Crippen LogP contribution in [0.4, 0.5) is 0 Å². The Morgan fingerprint density at radius 3 is 2.85 bits per heavy atom. The summed E-state index contributed by atoms with van der Waals surface area (Å²) in [7, 11) is 0. The second-order valence-corrected chi connectivity index (χ2v) is 6.47. The number of fused-ring (bicyclic) bond motifs is 1. The Hall–Kier alpha value is -1.03. The highest BCUT2D eigenvalue weighted by molar-refractivity contribution is 9.10. The summed E-state index contributed by atoms with van der Waals surface area (Å²) in [6.45, 7) is 2.07. The minimum absolute atomic E-state index is 0.225. The van der Waals surface area contributed by atoms with Crippen LogP contribution in [0.3, 0.4) is 0 Å². The first kappa shape index (κ1) is 13.9. The first-order valence-corrected chi connectivity index (χ1v) is 7.71. The highest BCUT2D eigenvalue weighted by Gasteiger charge is 2.21. The largest absolute Gasteiger partial charge is 0.490 e. The lowest BCUT2D eigenvalue weighted by Crippen LogP contribution is -2.12. The molecule has 104 valence electrons. The van der Waals surface area contributed by atoms with E-state index in [1.807, 2.05) is 30.3 Å². The van der Waals surface area contributed by atoms with Crippen LogP contribution in [0.25, 0.3) is 0 Å². The SMILES string of the molecule is CC1Cc2cc(C(N)c3ccc(Br)cc3Cl)ccc2O1. The van der Waals surface area contributed by atoms with Crippen molar-refractivity contribution in [1.82, 2.24) is 0 Å². The van der Waals surface area contributed by atoms with E-state index in [-0.39, 0.29) is 12.1 Å². The summed E-state index contributed by atoms with van der Waals surface area (Å²) >= 11 is 9.69. The summed E-state index contributed by atoms with van der Waals surface area (Å²) < 4.78 is 6.67. The fraction of sp³-hybridized carbons (Fsp3) is 0.250. The Morgan fingerprint density at radius 1 is 1.30 bits per heavy atom. The Morgan fingerprint density at radius 2 is 2.10 bits per heavy atom. The number of rotatable bonds is 2. The lowest BCUT2D eigenvalue weighted by molar-refractivity contribution is 0.254. The van der Waals surface area contributed by atoms with Gasteiger partial charge in [-0.25, -0.2) is 0 Å². The van der Waals surface area contributed by atoms with Gasteiger partial charge in [0.15, 0.2) is 0 Å².